The molecule has 0 bridgehead atoms. The molecule has 1 aliphatic heterocycles. The fraction of sp³-hybridized carbons (Fsp3) is 0.250. The molecule has 1 fully saturated rings. The maximum atomic E-state index is 13.2. The third-order valence-electron chi connectivity index (χ3n) is 5.47. The van der Waals surface area contributed by atoms with Crippen molar-refractivity contribution in [3.8, 4) is 11.1 Å². The molecule has 1 aromatic heterocycles. The Morgan fingerprint density at radius 2 is 1.69 bits per heavy atom. The zero-order valence-corrected chi connectivity index (χ0v) is 16.8. The number of ketones is 1. The molecule has 0 unspecified atom stereocenters. The zero-order chi connectivity index (χ0) is 20.2. The number of aromatic nitrogens is 1. The molecule has 2 heterocycles. The lowest BCUT2D eigenvalue weighted by atomic mass is 9.89. The van der Waals surface area contributed by atoms with E-state index >= 15 is 0 Å². The van der Waals surface area contributed by atoms with Crippen LogP contribution in [-0.2, 0) is 6.54 Å². The van der Waals surface area contributed by atoms with Crippen LogP contribution < -0.4 is 0 Å². The third kappa shape index (κ3) is 4.89. The summed E-state index contributed by atoms with van der Waals surface area (Å²) in [6, 6.07) is 15.7. The zero-order valence-electron chi connectivity index (χ0n) is 16.0. The van der Waals surface area contributed by atoms with Gasteiger partial charge in [0.2, 0.25) is 0 Å². The van der Waals surface area contributed by atoms with Gasteiger partial charge in [-0.15, -0.1) is 0 Å². The third-order valence-corrected chi connectivity index (χ3v) is 5.72. The van der Waals surface area contributed by atoms with Crippen LogP contribution in [0.4, 0.5) is 4.39 Å². The summed E-state index contributed by atoms with van der Waals surface area (Å²) in [4.78, 5) is 19.4. The number of nitrogens with zero attached hydrogens (tertiary/aromatic N) is 2. The minimum absolute atomic E-state index is 0.0658. The van der Waals surface area contributed by atoms with E-state index in [0.717, 1.165) is 54.7 Å². The molecule has 0 radical (unpaired) electrons. The molecule has 3 aromatic rings. The van der Waals surface area contributed by atoms with Crippen molar-refractivity contribution in [3.05, 3.63) is 89.0 Å². The quantitative estimate of drug-likeness (QED) is 0.512. The number of rotatable bonds is 5. The summed E-state index contributed by atoms with van der Waals surface area (Å²) < 4.78 is 13.2. The lowest BCUT2D eigenvalue weighted by Gasteiger charge is -2.31. The van der Waals surface area contributed by atoms with Crippen molar-refractivity contribution in [2.24, 2.45) is 5.92 Å². The molecule has 29 heavy (non-hydrogen) atoms. The summed E-state index contributed by atoms with van der Waals surface area (Å²) >= 11 is 5.92. The number of benzene rings is 2. The monoisotopic (exact) mass is 408 g/mol. The number of hydrogen-bond acceptors (Lipinski definition) is 3. The highest BCUT2D eigenvalue weighted by Gasteiger charge is 2.25. The van der Waals surface area contributed by atoms with Crippen LogP contribution in [0, 0.1) is 11.7 Å². The van der Waals surface area contributed by atoms with E-state index in [1.165, 1.54) is 12.1 Å². The molecule has 1 saturated heterocycles. The number of Topliss-reactive ketones (excluding diaryl/α,β-unsaturated/α-hetero) is 1. The maximum absolute atomic E-state index is 13.2. The highest BCUT2D eigenvalue weighted by Crippen LogP contribution is 2.25. The predicted octanol–water partition coefficient (Wildman–Crippen LogP) is 5.64. The molecule has 148 valence electrons. The summed E-state index contributed by atoms with van der Waals surface area (Å²) in [5.74, 6) is 0.0336. The fourth-order valence-electron chi connectivity index (χ4n) is 3.84. The largest absolute Gasteiger partial charge is 0.299 e. The molecule has 0 amide bonds. The van der Waals surface area contributed by atoms with Gasteiger partial charge in [-0.1, -0.05) is 23.7 Å². The first-order valence-electron chi connectivity index (χ1n) is 9.80. The Morgan fingerprint density at radius 3 is 2.38 bits per heavy atom. The number of carbonyl (C=O) groups is 1. The molecule has 0 saturated carbocycles. The van der Waals surface area contributed by atoms with Gasteiger partial charge in [0, 0.05) is 41.0 Å². The normalized spacial score (nSPS) is 15.4. The van der Waals surface area contributed by atoms with Gasteiger partial charge in [0.05, 0.1) is 0 Å². The molecule has 0 aliphatic carbocycles. The average Bonchev–Trinajstić information content (AvgIpc) is 2.75. The van der Waals surface area contributed by atoms with E-state index in [1.54, 1.807) is 30.5 Å². The Labute approximate surface area is 175 Å². The van der Waals surface area contributed by atoms with Gasteiger partial charge in [0.1, 0.15) is 5.82 Å². The summed E-state index contributed by atoms with van der Waals surface area (Å²) in [6.45, 7) is 2.55. The van der Waals surface area contributed by atoms with Crippen LogP contribution in [0.15, 0.2) is 67.0 Å². The van der Waals surface area contributed by atoms with Gasteiger partial charge in [-0.3, -0.25) is 14.7 Å². The molecule has 1 aliphatic rings. The first-order valence-corrected chi connectivity index (χ1v) is 10.2. The molecule has 3 nitrogen and oxygen atoms in total. The standard InChI is InChI=1S/C24H22ClFN2O/c25-22-5-1-19(2-6-22)24(29)20-9-11-28(12-10-20)16-17-13-21(15-27-14-17)18-3-7-23(26)8-4-18/h1-8,13-15,20H,9-12,16H2. The molecular formula is C24H22ClFN2O. The molecule has 0 spiro atoms. The van der Waals surface area contributed by atoms with Gasteiger partial charge in [-0.05, 0) is 79.5 Å². The van der Waals surface area contributed by atoms with E-state index in [0.29, 0.717) is 5.02 Å². The average molecular weight is 409 g/mol. The minimum atomic E-state index is -0.242. The van der Waals surface area contributed by atoms with Gasteiger partial charge in [-0.2, -0.15) is 0 Å². The van der Waals surface area contributed by atoms with Crippen LogP contribution >= 0.6 is 11.6 Å². The van der Waals surface area contributed by atoms with Gasteiger partial charge in [0.25, 0.3) is 0 Å². The predicted molar refractivity (Wildman–Crippen MR) is 113 cm³/mol. The topological polar surface area (TPSA) is 33.2 Å². The van der Waals surface area contributed by atoms with Gasteiger partial charge in [0.15, 0.2) is 5.78 Å². The molecule has 4 rings (SSSR count). The van der Waals surface area contributed by atoms with Crippen molar-refractivity contribution in [2.75, 3.05) is 13.1 Å². The van der Waals surface area contributed by atoms with Crippen molar-refractivity contribution < 1.29 is 9.18 Å². The Balaban J connectivity index is 1.36. The summed E-state index contributed by atoms with van der Waals surface area (Å²) in [5.41, 5.74) is 3.79. The maximum Gasteiger partial charge on any atom is 0.166 e. The summed E-state index contributed by atoms with van der Waals surface area (Å²) in [7, 11) is 0. The fourth-order valence-corrected chi connectivity index (χ4v) is 3.96. The number of hydrogen-bond donors (Lipinski definition) is 0. The summed E-state index contributed by atoms with van der Waals surface area (Å²) in [6.07, 6.45) is 5.38. The molecule has 0 N–H and O–H groups in total. The van der Waals surface area contributed by atoms with E-state index in [-0.39, 0.29) is 17.5 Å². The van der Waals surface area contributed by atoms with Crippen LogP contribution in [0.25, 0.3) is 11.1 Å². The second-order valence-electron chi connectivity index (χ2n) is 7.51. The second-order valence-corrected chi connectivity index (χ2v) is 7.95. The van der Waals surface area contributed by atoms with Crippen LogP contribution in [0.3, 0.4) is 0 Å². The van der Waals surface area contributed by atoms with Crippen molar-refractivity contribution in [3.63, 3.8) is 0 Å². The number of halogens is 2. The van der Waals surface area contributed by atoms with Crippen LogP contribution in [-0.4, -0.2) is 28.8 Å². The number of likely N-dealkylation sites (tertiary alicyclic amines) is 1. The Bertz CT molecular complexity index is 981. The van der Waals surface area contributed by atoms with Crippen LogP contribution in [0.1, 0.15) is 28.8 Å². The van der Waals surface area contributed by atoms with Crippen molar-refractivity contribution in [1.29, 1.82) is 0 Å². The van der Waals surface area contributed by atoms with E-state index < -0.39 is 0 Å². The molecule has 2 aromatic carbocycles. The SMILES string of the molecule is O=C(c1ccc(Cl)cc1)C1CCN(Cc2cncc(-c3ccc(F)cc3)c2)CC1. The van der Waals surface area contributed by atoms with Gasteiger partial charge in [-0.25, -0.2) is 4.39 Å². The van der Waals surface area contributed by atoms with Gasteiger partial charge >= 0.3 is 0 Å². The van der Waals surface area contributed by atoms with Crippen molar-refractivity contribution in [2.45, 2.75) is 19.4 Å². The van der Waals surface area contributed by atoms with E-state index in [4.69, 9.17) is 11.6 Å². The Hall–Kier alpha value is -2.56. The highest BCUT2D eigenvalue weighted by molar-refractivity contribution is 6.30. The van der Waals surface area contributed by atoms with Crippen LogP contribution in [0.2, 0.25) is 5.02 Å². The Kier molecular flexibility index (Phi) is 6.02. The Morgan fingerprint density at radius 1 is 1.00 bits per heavy atom. The smallest absolute Gasteiger partial charge is 0.166 e. The molecule has 0 atom stereocenters. The number of pyridine rings is 1. The first kappa shape index (κ1) is 19.7. The van der Waals surface area contributed by atoms with Crippen molar-refractivity contribution >= 4 is 17.4 Å². The van der Waals surface area contributed by atoms with Crippen LogP contribution in [0.5, 0.6) is 0 Å². The second kappa shape index (κ2) is 8.85. The molecular weight excluding hydrogens is 387 g/mol. The van der Waals surface area contributed by atoms with E-state index in [1.807, 2.05) is 18.3 Å². The van der Waals surface area contributed by atoms with E-state index in [9.17, 15) is 9.18 Å². The van der Waals surface area contributed by atoms with Crippen molar-refractivity contribution in [1.82, 2.24) is 9.88 Å². The number of piperidine rings is 1. The highest BCUT2D eigenvalue weighted by atomic mass is 35.5. The first-order chi connectivity index (χ1) is 14.1. The van der Waals surface area contributed by atoms with Gasteiger partial charge < -0.3 is 0 Å². The lowest BCUT2D eigenvalue weighted by Crippen LogP contribution is -2.36. The summed E-state index contributed by atoms with van der Waals surface area (Å²) in [5, 5.41) is 0.646. The lowest BCUT2D eigenvalue weighted by molar-refractivity contribution is 0.0835. The molecule has 5 heteroatoms. The van der Waals surface area contributed by atoms with E-state index in [2.05, 4.69) is 16.0 Å². The minimum Gasteiger partial charge on any atom is -0.299 e. The number of carbonyl (C=O) groups excluding carboxylic acids is 1.